The highest BCUT2D eigenvalue weighted by Crippen LogP contribution is 2.26. The van der Waals surface area contributed by atoms with Gasteiger partial charge in [0.05, 0.1) is 4.92 Å². The van der Waals surface area contributed by atoms with Gasteiger partial charge in [-0.15, -0.1) is 0 Å². The summed E-state index contributed by atoms with van der Waals surface area (Å²) in [6.45, 7) is 0. The van der Waals surface area contributed by atoms with Crippen LogP contribution in [0.15, 0.2) is 42.5 Å². The molecule has 0 atom stereocenters. The van der Waals surface area contributed by atoms with Crippen LogP contribution in [0.2, 0.25) is 0 Å². The molecule has 0 heterocycles. The Morgan fingerprint density at radius 1 is 1.10 bits per heavy atom. The molecule has 21 heavy (non-hydrogen) atoms. The van der Waals surface area contributed by atoms with E-state index in [1.807, 2.05) is 18.2 Å². The first kappa shape index (κ1) is 13.3. The van der Waals surface area contributed by atoms with Crippen LogP contribution in [0.1, 0.15) is 27.9 Å². The van der Waals surface area contributed by atoms with Crippen molar-refractivity contribution in [1.82, 2.24) is 0 Å². The lowest BCUT2D eigenvalue weighted by atomic mass is 10.1. The second kappa shape index (κ2) is 5.36. The van der Waals surface area contributed by atoms with Crippen LogP contribution in [-0.4, -0.2) is 10.8 Å². The number of nitrogens with one attached hydrogen (secondary N) is 1. The number of benzene rings is 2. The molecule has 0 bridgehead atoms. The molecule has 2 aromatic rings. The molecule has 0 spiro atoms. The number of aryl methyl sites for hydroxylation is 2. The summed E-state index contributed by atoms with van der Waals surface area (Å²) in [5, 5.41) is 13.7. The molecular weight excluding hydrogens is 268 g/mol. The highest BCUT2D eigenvalue weighted by molar-refractivity contribution is 6.07. The average molecular weight is 282 g/mol. The molecule has 5 heteroatoms. The number of hydrogen-bond acceptors (Lipinski definition) is 3. The van der Waals surface area contributed by atoms with Crippen LogP contribution < -0.4 is 5.32 Å². The molecule has 0 saturated heterocycles. The summed E-state index contributed by atoms with van der Waals surface area (Å²) >= 11 is 0. The van der Waals surface area contributed by atoms with E-state index in [4.69, 9.17) is 0 Å². The van der Waals surface area contributed by atoms with Crippen molar-refractivity contribution >= 4 is 17.3 Å². The van der Waals surface area contributed by atoms with Crippen LogP contribution in [0.3, 0.4) is 0 Å². The van der Waals surface area contributed by atoms with Crippen LogP contribution >= 0.6 is 0 Å². The summed E-state index contributed by atoms with van der Waals surface area (Å²) in [5.74, 6) is -0.458. The summed E-state index contributed by atoms with van der Waals surface area (Å²) in [5.41, 5.74) is 3.13. The summed E-state index contributed by atoms with van der Waals surface area (Å²) in [7, 11) is 0. The molecule has 1 amide bonds. The minimum atomic E-state index is -0.544. The third-order valence-electron chi connectivity index (χ3n) is 3.70. The van der Waals surface area contributed by atoms with Gasteiger partial charge in [-0.05, 0) is 48.6 Å². The second-order valence-corrected chi connectivity index (χ2v) is 5.07. The molecule has 1 N–H and O–H groups in total. The fourth-order valence-electron chi connectivity index (χ4n) is 2.67. The third kappa shape index (κ3) is 2.63. The second-order valence-electron chi connectivity index (χ2n) is 5.07. The molecule has 0 fully saturated rings. The Kier molecular flexibility index (Phi) is 3.39. The van der Waals surface area contributed by atoms with E-state index < -0.39 is 10.8 Å². The van der Waals surface area contributed by atoms with Gasteiger partial charge in [0, 0.05) is 11.8 Å². The Hall–Kier alpha value is -2.69. The van der Waals surface area contributed by atoms with E-state index in [1.165, 1.54) is 23.3 Å². The molecule has 3 rings (SSSR count). The van der Waals surface area contributed by atoms with Gasteiger partial charge in [0.2, 0.25) is 0 Å². The maximum absolute atomic E-state index is 12.2. The number of nitro groups is 1. The van der Waals surface area contributed by atoms with Gasteiger partial charge in [0.15, 0.2) is 0 Å². The molecule has 0 aliphatic heterocycles. The van der Waals surface area contributed by atoms with Crippen LogP contribution in [0.4, 0.5) is 11.4 Å². The quantitative estimate of drug-likeness (QED) is 0.693. The number of carbonyl (C=O) groups excluding carboxylic acids is 1. The monoisotopic (exact) mass is 282 g/mol. The third-order valence-corrected chi connectivity index (χ3v) is 3.70. The van der Waals surface area contributed by atoms with Gasteiger partial charge in [0.1, 0.15) is 5.56 Å². The van der Waals surface area contributed by atoms with Crippen molar-refractivity contribution in [3.8, 4) is 0 Å². The van der Waals surface area contributed by atoms with Gasteiger partial charge in [0.25, 0.3) is 11.6 Å². The maximum atomic E-state index is 12.2. The van der Waals surface area contributed by atoms with Crippen molar-refractivity contribution in [2.45, 2.75) is 19.3 Å². The van der Waals surface area contributed by atoms with Crippen LogP contribution in [0, 0.1) is 10.1 Å². The number of amides is 1. The molecule has 1 aliphatic rings. The van der Waals surface area contributed by atoms with Crippen molar-refractivity contribution in [3.63, 3.8) is 0 Å². The number of nitro benzene ring substituents is 1. The molecule has 2 aromatic carbocycles. The van der Waals surface area contributed by atoms with Crippen molar-refractivity contribution < 1.29 is 9.72 Å². The van der Waals surface area contributed by atoms with Gasteiger partial charge < -0.3 is 5.32 Å². The standard InChI is InChI=1S/C16H14N2O3/c19-16(14-6-1-2-7-15(14)18(20)21)17-13-9-8-11-4-3-5-12(11)10-13/h1-2,6-10H,3-5H2,(H,17,19). The number of anilines is 1. The lowest BCUT2D eigenvalue weighted by Gasteiger charge is -2.08. The predicted molar refractivity (Wildman–Crippen MR) is 79.5 cm³/mol. The van der Waals surface area contributed by atoms with Crippen LogP contribution in [0.5, 0.6) is 0 Å². The van der Waals surface area contributed by atoms with Crippen LogP contribution in [-0.2, 0) is 12.8 Å². The SMILES string of the molecule is O=C(Nc1ccc2c(c1)CCC2)c1ccccc1[N+](=O)[O-]. The molecule has 1 aliphatic carbocycles. The zero-order valence-corrected chi connectivity index (χ0v) is 11.3. The van der Waals surface area contributed by atoms with E-state index in [0.717, 1.165) is 19.3 Å². The number of para-hydroxylation sites is 1. The fourth-order valence-corrected chi connectivity index (χ4v) is 2.67. The average Bonchev–Trinajstić information content (AvgIpc) is 2.94. The van der Waals surface area contributed by atoms with E-state index in [-0.39, 0.29) is 11.3 Å². The predicted octanol–water partition coefficient (Wildman–Crippen LogP) is 3.34. The van der Waals surface area contributed by atoms with Crippen molar-refractivity contribution in [3.05, 3.63) is 69.3 Å². The Morgan fingerprint density at radius 3 is 2.67 bits per heavy atom. The number of carbonyl (C=O) groups is 1. The Balaban J connectivity index is 1.85. The zero-order valence-electron chi connectivity index (χ0n) is 11.3. The van der Waals surface area contributed by atoms with Crippen molar-refractivity contribution in [2.24, 2.45) is 0 Å². The number of fused-ring (bicyclic) bond motifs is 1. The molecule has 106 valence electrons. The first-order chi connectivity index (χ1) is 10.1. The summed E-state index contributed by atoms with van der Waals surface area (Å²) < 4.78 is 0. The minimum Gasteiger partial charge on any atom is -0.322 e. The summed E-state index contributed by atoms with van der Waals surface area (Å²) in [6.07, 6.45) is 3.23. The Labute approximate surface area is 121 Å². The number of hydrogen-bond donors (Lipinski definition) is 1. The van der Waals surface area contributed by atoms with E-state index in [0.29, 0.717) is 5.69 Å². The van der Waals surface area contributed by atoms with E-state index >= 15 is 0 Å². The lowest BCUT2D eigenvalue weighted by molar-refractivity contribution is -0.385. The van der Waals surface area contributed by atoms with Gasteiger partial charge >= 0.3 is 0 Å². The Morgan fingerprint density at radius 2 is 1.86 bits per heavy atom. The van der Waals surface area contributed by atoms with Gasteiger partial charge in [-0.25, -0.2) is 0 Å². The highest BCUT2D eigenvalue weighted by Gasteiger charge is 2.19. The minimum absolute atomic E-state index is 0.0722. The molecule has 0 saturated carbocycles. The number of nitrogens with zero attached hydrogens (tertiary/aromatic N) is 1. The van der Waals surface area contributed by atoms with E-state index in [2.05, 4.69) is 5.32 Å². The summed E-state index contributed by atoms with van der Waals surface area (Å²) in [6, 6.07) is 11.8. The van der Waals surface area contributed by atoms with Gasteiger partial charge in [-0.1, -0.05) is 18.2 Å². The zero-order chi connectivity index (χ0) is 14.8. The topological polar surface area (TPSA) is 72.2 Å². The number of rotatable bonds is 3. The smallest absolute Gasteiger partial charge is 0.282 e. The van der Waals surface area contributed by atoms with Crippen LogP contribution in [0.25, 0.3) is 0 Å². The molecular formula is C16H14N2O3. The first-order valence-corrected chi connectivity index (χ1v) is 6.82. The first-order valence-electron chi connectivity index (χ1n) is 6.82. The van der Waals surface area contributed by atoms with E-state index in [9.17, 15) is 14.9 Å². The highest BCUT2D eigenvalue weighted by atomic mass is 16.6. The molecule has 0 aromatic heterocycles. The largest absolute Gasteiger partial charge is 0.322 e. The maximum Gasteiger partial charge on any atom is 0.282 e. The van der Waals surface area contributed by atoms with Crippen molar-refractivity contribution in [2.75, 3.05) is 5.32 Å². The molecule has 0 unspecified atom stereocenters. The van der Waals surface area contributed by atoms with Gasteiger partial charge in [-0.3, -0.25) is 14.9 Å². The normalized spacial score (nSPS) is 12.8. The van der Waals surface area contributed by atoms with Crippen molar-refractivity contribution in [1.29, 1.82) is 0 Å². The lowest BCUT2D eigenvalue weighted by Crippen LogP contribution is -2.14. The Bertz CT molecular complexity index is 725. The fraction of sp³-hybridized carbons (Fsp3) is 0.188. The summed E-state index contributed by atoms with van der Waals surface area (Å²) in [4.78, 5) is 22.6. The van der Waals surface area contributed by atoms with E-state index in [1.54, 1.807) is 12.1 Å². The molecule has 0 radical (unpaired) electrons. The molecule has 5 nitrogen and oxygen atoms in total. The van der Waals surface area contributed by atoms with Gasteiger partial charge in [-0.2, -0.15) is 0 Å².